The minimum atomic E-state index is -4.64. The molecule has 1 aromatic rings. The molecule has 1 atom stereocenters. The van der Waals surface area contributed by atoms with Crippen molar-refractivity contribution < 1.29 is 17.9 Å². The summed E-state index contributed by atoms with van der Waals surface area (Å²) in [6.45, 7) is 3.59. The molecule has 0 radical (unpaired) electrons. The summed E-state index contributed by atoms with van der Waals surface area (Å²) < 4.78 is 39.7. The lowest BCUT2D eigenvalue weighted by molar-refractivity contribution is -0.274. The third kappa shape index (κ3) is 7.60. The van der Waals surface area contributed by atoms with E-state index >= 15 is 0 Å². The van der Waals surface area contributed by atoms with E-state index in [1.165, 1.54) is 12.1 Å². The number of hydrogen-bond acceptors (Lipinski definition) is 2. The topological polar surface area (TPSA) is 21.3 Å². The van der Waals surface area contributed by atoms with Gasteiger partial charge in [0.2, 0.25) is 0 Å². The molecule has 2 nitrogen and oxygen atoms in total. The van der Waals surface area contributed by atoms with Crippen LogP contribution in [0.3, 0.4) is 0 Å². The molecular weight excluding hydrogens is 291 g/mol. The summed E-state index contributed by atoms with van der Waals surface area (Å²) >= 11 is 5.71. The van der Waals surface area contributed by atoms with Gasteiger partial charge in [0.05, 0.1) is 0 Å². The average Bonchev–Trinajstić information content (AvgIpc) is 2.38. The Morgan fingerprint density at radius 2 is 1.90 bits per heavy atom. The molecule has 0 aliphatic rings. The Morgan fingerprint density at radius 1 is 1.25 bits per heavy atom. The molecule has 114 valence electrons. The third-order valence-electron chi connectivity index (χ3n) is 2.80. The maximum Gasteiger partial charge on any atom is 0.573 e. The van der Waals surface area contributed by atoms with E-state index in [2.05, 4.69) is 17.0 Å². The number of benzene rings is 1. The fourth-order valence-electron chi connectivity index (χ4n) is 1.69. The average molecular weight is 310 g/mol. The van der Waals surface area contributed by atoms with Crippen molar-refractivity contribution in [2.24, 2.45) is 5.92 Å². The van der Waals surface area contributed by atoms with Crippen molar-refractivity contribution in [1.29, 1.82) is 0 Å². The highest BCUT2D eigenvalue weighted by atomic mass is 35.5. The fraction of sp³-hybridized carbons (Fsp3) is 0.571. The molecule has 0 bridgehead atoms. The number of halogens is 4. The highest BCUT2D eigenvalue weighted by molar-refractivity contribution is 6.18. The molecule has 0 aliphatic heterocycles. The van der Waals surface area contributed by atoms with Gasteiger partial charge >= 0.3 is 6.36 Å². The van der Waals surface area contributed by atoms with Gasteiger partial charge in [0.1, 0.15) is 5.75 Å². The molecule has 1 rings (SSSR count). The lowest BCUT2D eigenvalue weighted by atomic mass is 10.1. The van der Waals surface area contributed by atoms with Gasteiger partial charge in [-0.3, -0.25) is 0 Å². The first kappa shape index (κ1) is 17.1. The highest BCUT2D eigenvalue weighted by Gasteiger charge is 2.30. The number of nitrogens with one attached hydrogen (secondary N) is 1. The zero-order valence-corrected chi connectivity index (χ0v) is 12.1. The zero-order valence-electron chi connectivity index (χ0n) is 11.3. The van der Waals surface area contributed by atoms with Crippen LogP contribution < -0.4 is 10.1 Å². The standard InChI is InChI=1S/C14H19ClF3NO/c1-11(9-15)3-2-8-19-10-12-4-6-13(7-5-12)20-14(16,17)18/h4-7,11,19H,2-3,8-10H2,1H3. The summed E-state index contributed by atoms with van der Waals surface area (Å²) in [5.74, 6) is 0.982. The van der Waals surface area contributed by atoms with Crippen molar-refractivity contribution >= 4 is 11.6 Å². The van der Waals surface area contributed by atoms with Crippen LogP contribution in [0.4, 0.5) is 13.2 Å². The lowest BCUT2D eigenvalue weighted by Gasteiger charge is -2.10. The smallest absolute Gasteiger partial charge is 0.406 e. The van der Waals surface area contributed by atoms with Gasteiger partial charge in [-0.2, -0.15) is 0 Å². The van der Waals surface area contributed by atoms with Crippen LogP contribution in [-0.2, 0) is 6.54 Å². The molecule has 1 unspecified atom stereocenters. The second kappa shape index (κ2) is 8.37. The quantitative estimate of drug-likeness (QED) is 0.570. The molecule has 0 saturated heterocycles. The largest absolute Gasteiger partial charge is 0.573 e. The van der Waals surface area contributed by atoms with Crippen LogP contribution in [0.25, 0.3) is 0 Å². The molecule has 1 N–H and O–H groups in total. The highest BCUT2D eigenvalue weighted by Crippen LogP contribution is 2.22. The van der Waals surface area contributed by atoms with E-state index in [-0.39, 0.29) is 5.75 Å². The van der Waals surface area contributed by atoms with Crippen LogP contribution in [0.15, 0.2) is 24.3 Å². The predicted molar refractivity (Wildman–Crippen MR) is 73.9 cm³/mol. The maximum atomic E-state index is 12.0. The zero-order chi connectivity index (χ0) is 15.0. The van der Waals surface area contributed by atoms with Crippen molar-refractivity contribution in [2.45, 2.75) is 32.7 Å². The fourth-order valence-corrected chi connectivity index (χ4v) is 1.85. The molecular formula is C14H19ClF3NO. The van der Waals surface area contributed by atoms with E-state index in [4.69, 9.17) is 11.6 Å². The minimum absolute atomic E-state index is 0.197. The summed E-state index contributed by atoms with van der Waals surface area (Å²) in [5.41, 5.74) is 0.921. The Kier molecular flexibility index (Phi) is 7.16. The van der Waals surface area contributed by atoms with E-state index in [9.17, 15) is 13.2 Å². The Morgan fingerprint density at radius 3 is 2.45 bits per heavy atom. The van der Waals surface area contributed by atoms with Crippen molar-refractivity contribution in [3.05, 3.63) is 29.8 Å². The number of rotatable bonds is 8. The Labute approximate surface area is 122 Å². The van der Waals surface area contributed by atoms with Gasteiger partial charge in [0.15, 0.2) is 0 Å². The van der Waals surface area contributed by atoms with Gasteiger partial charge in [-0.25, -0.2) is 0 Å². The van der Waals surface area contributed by atoms with E-state index in [0.29, 0.717) is 18.3 Å². The Bertz CT molecular complexity index is 381. The van der Waals surface area contributed by atoms with Gasteiger partial charge in [0.25, 0.3) is 0 Å². The summed E-state index contributed by atoms with van der Waals surface area (Å²) in [6, 6.07) is 5.88. The molecule has 20 heavy (non-hydrogen) atoms. The first-order valence-corrected chi connectivity index (χ1v) is 7.05. The van der Waals surface area contributed by atoms with Crippen molar-refractivity contribution in [3.8, 4) is 5.75 Å². The van der Waals surface area contributed by atoms with E-state index < -0.39 is 6.36 Å². The summed E-state index contributed by atoms with van der Waals surface area (Å²) in [4.78, 5) is 0. The van der Waals surface area contributed by atoms with Crippen LogP contribution in [-0.4, -0.2) is 18.8 Å². The second-order valence-corrected chi connectivity index (χ2v) is 5.08. The molecule has 0 aliphatic carbocycles. The lowest BCUT2D eigenvalue weighted by Crippen LogP contribution is -2.17. The van der Waals surface area contributed by atoms with Crippen LogP contribution >= 0.6 is 11.6 Å². The monoisotopic (exact) mass is 309 g/mol. The molecule has 0 aromatic heterocycles. The third-order valence-corrected chi connectivity index (χ3v) is 3.33. The van der Waals surface area contributed by atoms with Crippen molar-refractivity contribution in [3.63, 3.8) is 0 Å². The Balaban J connectivity index is 2.25. The molecule has 0 spiro atoms. The van der Waals surface area contributed by atoms with E-state index in [1.807, 2.05) is 0 Å². The van der Waals surface area contributed by atoms with Crippen LogP contribution in [0.2, 0.25) is 0 Å². The Hall–Kier alpha value is -0.940. The molecule has 0 fully saturated rings. The van der Waals surface area contributed by atoms with Crippen molar-refractivity contribution in [2.75, 3.05) is 12.4 Å². The van der Waals surface area contributed by atoms with Crippen LogP contribution in [0, 0.1) is 5.92 Å². The van der Waals surface area contributed by atoms with Gasteiger partial charge in [0, 0.05) is 12.4 Å². The molecule has 1 aromatic carbocycles. The maximum absolute atomic E-state index is 12.0. The number of ether oxygens (including phenoxy) is 1. The molecule has 0 saturated carbocycles. The van der Waals surface area contributed by atoms with E-state index in [1.54, 1.807) is 12.1 Å². The van der Waals surface area contributed by atoms with Gasteiger partial charge in [-0.1, -0.05) is 19.1 Å². The molecule has 0 heterocycles. The first-order valence-electron chi connectivity index (χ1n) is 6.52. The predicted octanol–water partition coefficient (Wildman–Crippen LogP) is 4.33. The minimum Gasteiger partial charge on any atom is -0.406 e. The van der Waals surface area contributed by atoms with Gasteiger partial charge in [-0.15, -0.1) is 24.8 Å². The van der Waals surface area contributed by atoms with Crippen LogP contribution in [0.5, 0.6) is 5.75 Å². The van der Waals surface area contributed by atoms with Crippen LogP contribution in [0.1, 0.15) is 25.3 Å². The van der Waals surface area contributed by atoms with Gasteiger partial charge < -0.3 is 10.1 Å². The number of hydrogen-bond donors (Lipinski definition) is 1. The van der Waals surface area contributed by atoms with Crippen molar-refractivity contribution in [1.82, 2.24) is 5.32 Å². The summed E-state index contributed by atoms with van der Waals surface area (Å²) in [7, 11) is 0. The number of alkyl halides is 4. The van der Waals surface area contributed by atoms with Gasteiger partial charge in [-0.05, 0) is 43.0 Å². The summed E-state index contributed by atoms with van der Waals surface area (Å²) in [6.07, 6.45) is -2.54. The molecule has 6 heteroatoms. The second-order valence-electron chi connectivity index (χ2n) is 4.77. The summed E-state index contributed by atoms with van der Waals surface area (Å²) in [5, 5.41) is 3.24. The normalized spacial score (nSPS) is 13.2. The van der Waals surface area contributed by atoms with E-state index in [0.717, 1.165) is 24.9 Å². The molecule has 0 amide bonds. The SMILES string of the molecule is CC(CCl)CCCNCc1ccc(OC(F)(F)F)cc1. The first-order chi connectivity index (χ1) is 9.40.